The van der Waals surface area contributed by atoms with E-state index in [-0.39, 0.29) is 17.5 Å². The molecule has 1 saturated heterocycles. The zero-order valence-electron chi connectivity index (χ0n) is 18.2. The fourth-order valence-corrected chi connectivity index (χ4v) is 4.20. The molecule has 4 aromatic rings. The first kappa shape index (κ1) is 21.9. The lowest BCUT2D eigenvalue weighted by Crippen LogP contribution is -2.38. The van der Waals surface area contributed by atoms with Crippen LogP contribution in [0, 0.1) is 6.92 Å². The van der Waals surface area contributed by atoms with E-state index in [4.69, 9.17) is 4.52 Å². The average molecular weight is 470 g/mol. The Balaban J connectivity index is 1.45. The molecule has 34 heavy (non-hydrogen) atoms. The summed E-state index contributed by atoms with van der Waals surface area (Å²) in [7, 11) is 0. The molecule has 0 N–H and O–H groups in total. The number of hydrogen-bond donors (Lipinski definition) is 0. The Morgan fingerprint density at radius 1 is 1.12 bits per heavy atom. The van der Waals surface area contributed by atoms with Crippen LogP contribution in [0.1, 0.15) is 46.4 Å². The molecular formula is C23H21F3N6O2. The third kappa shape index (κ3) is 4.09. The van der Waals surface area contributed by atoms with Crippen molar-refractivity contribution < 1.29 is 22.5 Å². The third-order valence-corrected chi connectivity index (χ3v) is 5.92. The summed E-state index contributed by atoms with van der Waals surface area (Å²) in [4.78, 5) is 19.5. The van der Waals surface area contributed by atoms with Gasteiger partial charge in [-0.15, -0.1) is 0 Å². The lowest BCUT2D eigenvalue weighted by Gasteiger charge is -2.30. The average Bonchev–Trinajstić information content (AvgIpc) is 3.58. The number of aromatic nitrogens is 5. The Bertz CT molecular complexity index is 1300. The van der Waals surface area contributed by atoms with E-state index in [0.29, 0.717) is 49.0 Å². The predicted octanol–water partition coefficient (Wildman–Crippen LogP) is 4.39. The Hall–Kier alpha value is -3.89. The van der Waals surface area contributed by atoms with E-state index in [1.807, 2.05) is 0 Å². The van der Waals surface area contributed by atoms with Crippen molar-refractivity contribution in [1.82, 2.24) is 29.4 Å². The van der Waals surface area contributed by atoms with E-state index >= 15 is 0 Å². The fraction of sp³-hybridized carbons (Fsp3) is 0.304. The van der Waals surface area contributed by atoms with E-state index in [2.05, 4.69) is 15.2 Å². The van der Waals surface area contributed by atoms with Crippen LogP contribution in [0.25, 0.3) is 11.5 Å². The van der Waals surface area contributed by atoms with Crippen LogP contribution in [0.5, 0.6) is 0 Å². The zero-order valence-corrected chi connectivity index (χ0v) is 18.2. The number of likely N-dealkylation sites (tertiary alicyclic amines) is 1. The minimum absolute atomic E-state index is 0.0852. The Morgan fingerprint density at radius 3 is 2.50 bits per heavy atom. The summed E-state index contributed by atoms with van der Waals surface area (Å²) in [6.45, 7) is 2.74. The second kappa shape index (κ2) is 8.47. The van der Waals surface area contributed by atoms with Crippen LogP contribution in [0.4, 0.5) is 13.2 Å². The van der Waals surface area contributed by atoms with Gasteiger partial charge in [-0.25, -0.2) is 4.68 Å². The first-order chi connectivity index (χ1) is 16.3. The Morgan fingerprint density at radius 2 is 1.85 bits per heavy atom. The first-order valence-electron chi connectivity index (χ1n) is 10.8. The number of hydrogen-bond acceptors (Lipinski definition) is 5. The lowest BCUT2D eigenvalue weighted by molar-refractivity contribution is -0.137. The summed E-state index contributed by atoms with van der Waals surface area (Å²) in [6.07, 6.45) is 1.72. The molecule has 5 rings (SSSR count). The predicted molar refractivity (Wildman–Crippen MR) is 115 cm³/mol. The van der Waals surface area contributed by atoms with Gasteiger partial charge in [-0.2, -0.15) is 23.3 Å². The van der Waals surface area contributed by atoms with E-state index in [9.17, 15) is 18.0 Å². The van der Waals surface area contributed by atoms with Crippen molar-refractivity contribution >= 4 is 5.91 Å². The van der Waals surface area contributed by atoms with Crippen molar-refractivity contribution in [2.45, 2.75) is 31.9 Å². The molecule has 1 aliphatic rings. The van der Waals surface area contributed by atoms with Crippen molar-refractivity contribution in [1.29, 1.82) is 0 Å². The van der Waals surface area contributed by atoms with Crippen LogP contribution < -0.4 is 0 Å². The van der Waals surface area contributed by atoms with Crippen molar-refractivity contribution in [3.8, 4) is 11.5 Å². The molecule has 4 heterocycles. The maximum Gasteiger partial charge on any atom is 0.416 e. The molecule has 3 aromatic heterocycles. The molecule has 1 aromatic carbocycles. The standard InChI is InChI=1S/C23H21F3N6O2/c1-15-28-20(34-29-15)16-7-11-31(12-8-16)22(33)19-14-27-32(21(19)30-9-2-3-10-30)18-6-4-5-17(13-18)23(24,25)26/h2-6,9-10,13-14,16H,7-8,11-12H2,1H3. The van der Waals surface area contributed by atoms with Gasteiger partial charge in [0.05, 0.1) is 17.4 Å². The van der Waals surface area contributed by atoms with E-state index in [0.717, 1.165) is 12.1 Å². The maximum absolute atomic E-state index is 13.5. The number of nitrogens with zero attached hydrogens (tertiary/aromatic N) is 6. The SMILES string of the molecule is Cc1noc(C2CCN(C(=O)c3cnn(-c4cccc(C(F)(F)F)c4)c3-n3cccc3)CC2)n1. The molecule has 8 nitrogen and oxygen atoms in total. The first-order valence-corrected chi connectivity index (χ1v) is 10.8. The van der Waals surface area contributed by atoms with Crippen molar-refractivity contribution in [2.24, 2.45) is 0 Å². The summed E-state index contributed by atoms with van der Waals surface area (Å²) in [5.41, 5.74) is -0.270. The van der Waals surface area contributed by atoms with Gasteiger partial charge in [-0.3, -0.25) is 4.79 Å². The molecule has 0 bridgehead atoms. The Kier molecular flexibility index (Phi) is 5.46. The largest absolute Gasteiger partial charge is 0.416 e. The second-order valence-electron chi connectivity index (χ2n) is 8.18. The van der Waals surface area contributed by atoms with Crippen LogP contribution in [0.15, 0.2) is 59.5 Å². The van der Waals surface area contributed by atoms with Gasteiger partial charge >= 0.3 is 6.18 Å². The molecule has 1 aliphatic heterocycles. The summed E-state index contributed by atoms with van der Waals surface area (Å²) in [5, 5.41) is 8.13. The second-order valence-corrected chi connectivity index (χ2v) is 8.18. The number of aryl methyl sites for hydroxylation is 1. The quantitative estimate of drug-likeness (QED) is 0.442. The summed E-state index contributed by atoms with van der Waals surface area (Å²) in [6, 6.07) is 8.42. The molecule has 1 amide bonds. The summed E-state index contributed by atoms with van der Waals surface area (Å²) >= 11 is 0. The summed E-state index contributed by atoms with van der Waals surface area (Å²) < 4.78 is 48.1. The number of alkyl halides is 3. The normalized spacial score (nSPS) is 15.1. The van der Waals surface area contributed by atoms with Crippen LogP contribution >= 0.6 is 0 Å². The highest BCUT2D eigenvalue weighted by atomic mass is 19.4. The van der Waals surface area contributed by atoms with Crippen LogP contribution in [-0.4, -0.2) is 48.4 Å². The topological polar surface area (TPSA) is 82.0 Å². The molecule has 0 saturated carbocycles. The van der Waals surface area contributed by atoms with Crippen molar-refractivity contribution in [2.75, 3.05) is 13.1 Å². The monoisotopic (exact) mass is 470 g/mol. The smallest absolute Gasteiger partial charge is 0.339 e. The molecule has 0 radical (unpaired) electrons. The fourth-order valence-electron chi connectivity index (χ4n) is 4.20. The number of amides is 1. The molecule has 11 heteroatoms. The molecule has 0 atom stereocenters. The highest BCUT2D eigenvalue weighted by Gasteiger charge is 2.32. The van der Waals surface area contributed by atoms with Crippen LogP contribution in [0.2, 0.25) is 0 Å². The number of halogens is 3. The van der Waals surface area contributed by atoms with Gasteiger partial charge in [0.25, 0.3) is 5.91 Å². The number of carbonyl (C=O) groups is 1. The van der Waals surface area contributed by atoms with Gasteiger partial charge < -0.3 is 14.0 Å². The van der Waals surface area contributed by atoms with Gasteiger partial charge in [-0.1, -0.05) is 11.2 Å². The molecule has 0 aliphatic carbocycles. The Labute approximate surface area is 192 Å². The molecule has 176 valence electrons. The number of carbonyl (C=O) groups excluding carboxylic acids is 1. The van der Waals surface area contributed by atoms with Gasteiger partial charge in [0, 0.05) is 31.4 Å². The van der Waals surface area contributed by atoms with E-state index < -0.39 is 11.7 Å². The number of rotatable bonds is 4. The number of benzene rings is 1. The van der Waals surface area contributed by atoms with Gasteiger partial charge in [0.15, 0.2) is 11.6 Å². The lowest BCUT2D eigenvalue weighted by atomic mass is 9.96. The van der Waals surface area contributed by atoms with Crippen LogP contribution in [-0.2, 0) is 6.18 Å². The highest BCUT2D eigenvalue weighted by Crippen LogP contribution is 2.32. The molecule has 1 fully saturated rings. The van der Waals surface area contributed by atoms with Gasteiger partial charge in [0.2, 0.25) is 5.89 Å². The minimum Gasteiger partial charge on any atom is -0.339 e. The summed E-state index contributed by atoms with van der Waals surface area (Å²) in [5.74, 6) is 1.38. The maximum atomic E-state index is 13.5. The van der Waals surface area contributed by atoms with Crippen molar-refractivity contribution in [3.05, 3.63) is 77.8 Å². The third-order valence-electron chi connectivity index (χ3n) is 5.92. The highest BCUT2D eigenvalue weighted by molar-refractivity contribution is 5.97. The van der Waals surface area contributed by atoms with Gasteiger partial charge in [-0.05, 0) is 50.1 Å². The number of piperidine rings is 1. The van der Waals surface area contributed by atoms with E-state index in [1.165, 1.54) is 23.0 Å². The molecule has 0 spiro atoms. The van der Waals surface area contributed by atoms with Crippen LogP contribution in [0.3, 0.4) is 0 Å². The minimum atomic E-state index is -4.49. The van der Waals surface area contributed by atoms with Gasteiger partial charge in [0.1, 0.15) is 5.56 Å². The molecule has 0 unspecified atom stereocenters. The van der Waals surface area contributed by atoms with E-state index in [1.54, 1.807) is 40.9 Å². The zero-order chi connectivity index (χ0) is 23.9. The van der Waals surface area contributed by atoms with Crippen molar-refractivity contribution in [3.63, 3.8) is 0 Å². The molecular weight excluding hydrogens is 449 g/mol.